The van der Waals surface area contributed by atoms with E-state index in [9.17, 15) is 9.59 Å². The van der Waals surface area contributed by atoms with E-state index in [2.05, 4.69) is 5.48 Å². The van der Waals surface area contributed by atoms with Crippen molar-refractivity contribution in [3.05, 3.63) is 83.4 Å². The molecule has 0 bridgehead atoms. The molecule has 0 aromatic heterocycles. The molecule has 3 aromatic rings. The Morgan fingerprint density at radius 2 is 1.68 bits per heavy atom. The van der Waals surface area contributed by atoms with Gasteiger partial charge >= 0.3 is 0 Å². The third-order valence-corrected chi connectivity index (χ3v) is 3.81. The fourth-order valence-electron chi connectivity index (χ4n) is 2.58. The zero-order valence-corrected chi connectivity index (χ0v) is 13.6. The second-order valence-corrected chi connectivity index (χ2v) is 5.74. The molecule has 5 heteroatoms. The van der Waals surface area contributed by atoms with E-state index in [1.54, 1.807) is 24.3 Å². The normalized spacial score (nSPS) is 10.6. The highest BCUT2D eigenvalue weighted by Gasteiger charge is 2.06. The van der Waals surface area contributed by atoms with Gasteiger partial charge in [0.2, 0.25) is 11.8 Å². The number of hydrogen-bond donors (Lipinski definition) is 2. The van der Waals surface area contributed by atoms with Gasteiger partial charge < -0.3 is 5.73 Å². The van der Waals surface area contributed by atoms with Gasteiger partial charge in [0.1, 0.15) is 0 Å². The number of amides is 2. The van der Waals surface area contributed by atoms with Gasteiger partial charge in [0, 0.05) is 5.56 Å². The van der Waals surface area contributed by atoms with Crippen molar-refractivity contribution in [2.75, 3.05) is 0 Å². The van der Waals surface area contributed by atoms with Gasteiger partial charge in [0.15, 0.2) is 0 Å². The summed E-state index contributed by atoms with van der Waals surface area (Å²) >= 11 is 0. The third kappa shape index (κ3) is 4.43. The molecule has 5 nitrogen and oxygen atoms in total. The number of hydroxylamine groups is 1. The van der Waals surface area contributed by atoms with Crippen LogP contribution in [-0.2, 0) is 22.7 Å². The van der Waals surface area contributed by atoms with Crippen molar-refractivity contribution in [2.45, 2.75) is 13.0 Å². The van der Waals surface area contributed by atoms with Crippen molar-refractivity contribution >= 4 is 22.6 Å². The minimum Gasteiger partial charge on any atom is -0.366 e. The van der Waals surface area contributed by atoms with Crippen LogP contribution in [0, 0.1) is 0 Å². The summed E-state index contributed by atoms with van der Waals surface area (Å²) in [6.45, 7) is 0.157. The summed E-state index contributed by atoms with van der Waals surface area (Å²) in [6, 6.07) is 20.7. The van der Waals surface area contributed by atoms with E-state index < -0.39 is 5.91 Å². The van der Waals surface area contributed by atoms with Crippen LogP contribution in [0.1, 0.15) is 21.5 Å². The first-order chi connectivity index (χ1) is 12.1. The Hall–Kier alpha value is -3.18. The van der Waals surface area contributed by atoms with Crippen LogP contribution in [0.3, 0.4) is 0 Å². The highest BCUT2D eigenvalue weighted by Crippen LogP contribution is 2.16. The summed E-state index contributed by atoms with van der Waals surface area (Å²) < 4.78 is 0. The van der Waals surface area contributed by atoms with Crippen LogP contribution < -0.4 is 11.2 Å². The number of nitrogens with two attached hydrogens (primary N) is 1. The molecule has 126 valence electrons. The lowest BCUT2D eigenvalue weighted by atomic mass is 10.1. The Morgan fingerprint density at radius 1 is 0.880 bits per heavy atom. The van der Waals surface area contributed by atoms with Crippen molar-refractivity contribution in [3.63, 3.8) is 0 Å². The van der Waals surface area contributed by atoms with Crippen LogP contribution in [0.25, 0.3) is 10.8 Å². The molecular formula is C20H18N2O3. The molecule has 0 atom stereocenters. The number of rotatable bonds is 6. The summed E-state index contributed by atoms with van der Waals surface area (Å²) in [7, 11) is 0. The van der Waals surface area contributed by atoms with E-state index in [0.717, 1.165) is 21.9 Å². The van der Waals surface area contributed by atoms with E-state index in [4.69, 9.17) is 10.6 Å². The highest BCUT2D eigenvalue weighted by molar-refractivity contribution is 5.92. The lowest BCUT2D eigenvalue weighted by Crippen LogP contribution is -2.25. The summed E-state index contributed by atoms with van der Waals surface area (Å²) in [6.07, 6.45) is 0.228. The fourth-order valence-corrected chi connectivity index (χ4v) is 2.58. The van der Waals surface area contributed by atoms with Crippen LogP contribution in [-0.4, -0.2) is 11.8 Å². The van der Waals surface area contributed by atoms with Gasteiger partial charge in [-0.25, -0.2) is 5.48 Å². The Bertz CT molecular complexity index is 921. The molecule has 0 saturated heterocycles. The summed E-state index contributed by atoms with van der Waals surface area (Å²) in [5.74, 6) is -0.733. The van der Waals surface area contributed by atoms with Gasteiger partial charge in [-0.15, -0.1) is 0 Å². The molecular weight excluding hydrogens is 316 g/mol. The Kier molecular flexibility index (Phi) is 5.06. The molecule has 0 saturated carbocycles. The highest BCUT2D eigenvalue weighted by atomic mass is 16.6. The molecule has 0 unspecified atom stereocenters. The number of hydrogen-bond acceptors (Lipinski definition) is 3. The first kappa shape index (κ1) is 16.7. The zero-order chi connectivity index (χ0) is 17.6. The maximum absolute atomic E-state index is 12.0. The van der Waals surface area contributed by atoms with Gasteiger partial charge in [0.05, 0.1) is 13.0 Å². The molecule has 0 aliphatic rings. The lowest BCUT2D eigenvalue weighted by Gasteiger charge is -2.07. The molecule has 2 amide bonds. The van der Waals surface area contributed by atoms with Gasteiger partial charge in [-0.2, -0.15) is 0 Å². The first-order valence-electron chi connectivity index (χ1n) is 7.89. The summed E-state index contributed by atoms with van der Waals surface area (Å²) in [5, 5.41) is 2.23. The van der Waals surface area contributed by atoms with Gasteiger partial charge in [-0.05, 0) is 34.0 Å². The van der Waals surface area contributed by atoms with Gasteiger partial charge in [-0.3, -0.25) is 14.4 Å². The van der Waals surface area contributed by atoms with E-state index >= 15 is 0 Å². The lowest BCUT2D eigenvalue weighted by molar-refractivity contribution is -0.133. The fraction of sp³-hybridized carbons (Fsp3) is 0.100. The Balaban J connectivity index is 1.54. The maximum Gasteiger partial charge on any atom is 0.248 e. The molecule has 3 N–H and O–H groups in total. The maximum atomic E-state index is 12.0. The van der Waals surface area contributed by atoms with Crippen molar-refractivity contribution in [3.8, 4) is 0 Å². The van der Waals surface area contributed by atoms with Crippen molar-refractivity contribution in [1.29, 1.82) is 0 Å². The van der Waals surface area contributed by atoms with Crippen LogP contribution in [0.4, 0.5) is 0 Å². The van der Waals surface area contributed by atoms with E-state index in [-0.39, 0.29) is 18.9 Å². The third-order valence-electron chi connectivity index (χ3n) is 3.81. The zero-order valence-electron chi connectivity index (χ0n) is 13.6. The van der Waals surface area contributed by atoms with Crippen molar-refractivity contribution in [2.24, 2.45) is 5.73 Å². The average molecular weight is 334 g/mol. The second-order valence-electron chi connectivity index (χ2n) is 5.74. The van der Waals surface area contributed by atoms with Gasteiger partial charge in [0.25, 0.3) is 0 Å². The average Bonchev–Trinajstić information content (AvgIpc) is 2.62. The standard InChI is InChI=1S/C20H18N2O3/c21-20(24)18-7-3-4-15(11-18)13-25-22-19(23)12-14-8-9-16-5-1-2-6-17(16)10-14/h1-11H,12-13H2,(H2,21,24)(H,22,23). The molecule has 0 radical (unpaired) electrons. The number of fused-ring (bicyclic) bond motifs is 1. The molecule has 3 aromatic carbocycles. The number of benzene rings is 3. The number of carbonyl (C=O) groups excluding carboxylic acids is 2. The smallest absolute Gasteiger partial charge is 0.248 e. The van der Waals surface area contributed by atoms with Crippen molar-refractivity contribution in [1.82, 2.24) is 5.48 Å². The Labute approximate surface area is 145 Å². The van der Waals surface area contributed by atoms with Crippen LogP contribution >= 0.6 is 0 Å². The molecule has 25 heavy (non-hydrogen) atoms. The predicted molar refractivity (Wildman–Crippen MR) is 95.5 cm³/mol. The predicted octanol–water partition coefficient (Wildman–Crippen LogP) is 2.73. The monoisotopic (exact) mass is 334 g/mol. The van der Waals surface area contributed by atoms with Crippen LogP contribution in [0.5, 0.6) is 0 Å². The number of primary amides is 1. The molecule has 0 aliphatic heterocycles. The summed E-state index contributed by atoms with van der Waals surface area (Å²) in [4.78, 5) is 28.4. The number of carbonyl (C=O) groups is 2. The van der Waals surface area contributed by atoms with E-state index in [0.29, 0.717) is 5.56 Å². The minimum absolute atomic E-state index is 0.157. The molecule has 0 heterocycles. The van der Waals surface area contributed by atoms with Crippen LogP contribution in [0.15, 0.2) is 66.7 Å². The largest absolute Gasteiger partial charge is 0.366 e. The Morgan fingerprint density at radius 3 is 2.48 bits per heavy atom. The molecule has 3 rings (SSSR count). The van der Waals surface area contributed by atoms with E-state index in [1.807, 2.05) is 42.5 Å². The SMILES string of the molecule is NC(=O)c1cccc(CONC(=O)Cc2ccc3ccccc3c2)c1. The number of nitrogens with one attached hydrogen (secondary N) is 1. The van der Waals surface area contributed by atoms with Crippen LogP contribution in [0.2, 0.25) is 0 Å². The summed E-state index contributed by atoms with van der Waals surface area (Å²) in [5.41, 5.74) is 9.73. The van der Waals surface area contributed by atoms with E-state index in [1.165, 1.54) is 0 Å². The van der Waals surface area contributed by atoms with Crippen molar-refractivity contribution < 1.29 is 14.4 Å². The second kappa shape index (κ2) is 7.59. The molecule has 0 spiro atoms. The minimum atomic E-state index is -0.498. The first-order valence-corrected chi connectivity index (χ1v) is 7.89. The quantitative estimate of drug-likeness (QED) is 0.680. The molecule has 0 fully saturated rings. The van der Waals surface area contributed by atoms with Gasteiger partial charge in [-0.1, -0.05) is 54.6 Å². The topological polar surface area (TPSA) is 81.4 Å². The molecule has 0 aliphatic carbocycles.